The molecule has 0 radical (unpaired) electrons. The molecule has 0 amide bonds. The first-order chi connectivity index (χ1) is 10.3. The van der Waals surface area contributed by atoms with Crippen molar-refractivity contribution in [3.63, 3.8) is 0 Å². The fourth-order valence-corrected chi connectivity index (χ4v) is 3.61. The van der Waals surface area contributed by atoms with Gasteiger partial charge < -0.3 is 10.5 Å². The number of nitrogens with two attached hydrogens (primary N) is 1. The van der Waals surface area contributed by atoms with Crippen LogP contribution in [0.15, 0.2) is 42.5 Å². The second-order valence-corrected chi connectivity index (χ2v) is 6.27. The standard InChI is InChI=1S/C19H21NO/c20-19-7-3-5-13-8-9-16(11-18(13)19)21-12-15-10-14-4-1-2-6-17(14)15/h1-2,4,6,8-9,11,15,19H,3,5,7,10,12,20H2/t15?,19-/m1/s1. The summed E-state index contributed by atoms with van der Waals surface area (Å²) in [7, 11) is 0. The molecular formula is C19H21NO. The Bertz CT molecular complexity index is 664. The number of fused-ring (bicyclic) bond motifs is 2. The van der Waals surface area contributed by atoms with Gasteiger partial charge in [-0.25, -0.2) is 0 Å². The second-order valence-electron chi connectivity index (χ2n) is 6.27. The number of ether oxygens (including phenoxy) is 1. The Morgan fingerprint density at radius 1 is 1.05 bits per heavy atom. The number of benzene rings is 2. The molecule has 2 aliphatic carbocycles. The number of hydrogen-bond acceptors (Lipinski definition) is 2. The lowest BCUT2D eigenvalue weighted by Crippen LogP contribution is -2.23. The highest BCUT2D eigenvalue weighted by molar-refractivity contribution is 5.41. The smallest absolute Gasteiger partial charge is 0.119 e. The van der Waals surface area contributed by atoms with E-state index in [0.29, 0.717) is 5.92 Å². The highest BCUT2D eigenvalue weighted by Crippen LogP contribution is 2.36. The van der Waals surface area contributed by atoms with E-state index < -0.39 is 0 Å². The van der Waals surface area contributed by atoms with Crippen LogP contribution >= 0.6 is 0 Å². The van der Waals surface area contributed by atoms with Gasteiger partial charge in [0.05, 0.1) is 6.61 Å². The molecule has 2 atom stereocenters. The average Bonchev–Trinajstić information content (AvgIpc) is 2.49. The van der Waals surface area contributed by atoms with Gasteiger partial charge >= 0.3 is 0 Å². The van der Waals surface area contributed by atoms with E-state index in [4.69, 9.17) is 10.5 Å². The SMILES string of the molecule is N[C@@H]1CCCc2ccc(OCC3Cc4ccccc43)cc21. The van der Waals surface area contributed by atoms with E-state index in [1.807, 2.05) is 0 Å². The molecule has 0 fully saturated rings. The maximum atomic E-state index is 6.22. The van der Waals surface area contributed by atoms with E-state index in [1.165, 1.54) is 28.7 Å². The van der Waals surface area contributed by atoms with E-state index >= 15 is 0 Å². The molecule has 2 nitrogen and oxygen atoms in total. The first-order valence-electron chi connectivity index (χ1n) is 7.90. The molecule has 2 aliphatic rings. The third-order valence-electron chi connectivity index (χ3n) is 4.89. The van der Waals surface area contributed by atoms with Gasteiger partial charge in [0.25, 0.3) is 0 Å². The number of hydrogen-bond donors (Lipinski definition) is 1. The van der Waals surface area contributed by atoms with Crippen LogP contribution in [0.1, 0.15) is 47.1 Å². The molecule has 21 heavy (non-hydrogen) atoms. The van der Waals surface area contributed by atoms with E-state index in [-0.39, 0.29) is 6.04 Å². The molecule has 4 rings (SSSR count). The van der Waals surface area contributed by atoms with Gasteiger partial charge in [0.15, 0.2) is 0 Å². The lowest BCUT2D eigenvalue weighted by atomic mass is 9.78. The van der Waals surface area contributed by atoms with Crippen LogP contribution in [0.25, 0.3) is 0 Å². The average molecular weight is 279 g/mol. The topological polar surface area (TPSA) is 35.2 Å². The van der Waals surface area contributed by atoms with Crippen LogP contribution < -0.4 is 10.5 Å². The zero-order valence-electron chi connectivity index (χ0n) is 12.2. The van der Waals surface area contributed by atoms with Gasteiger partial charge in [0.1, 0.15) is 5.75 Å². The van der Waals surface area contributed by atoms with Crippen molar-refractivity contribution in [1.82, 2.24) is 0 Å². The van der Waals surface area contributed by atoms with Gasteiger partial charge in [0.2, 0.25) is 0 Å². The molecule has 1 unspecified atom stereocenters. The lowest BCUT2D eigenvalue weighted by Gasteiger charge is -2.30. The molecule has 2 aromatic carbocycles. The van der Waals surface area contributed by atoms with Crippen molar-refractivity contribution in [2.24, 2.45) is 5.73 Å². The first kappa shape index (κ1) is 12.9. The Balaban J connectivity index is 1.46. The van der Waals surface area contributed by atoms with Crippen molar-refractivity contribution in [3.05, 3.63) is 64.7 Å². The van der Waals surface area contributed by atoms with Gasteiger partial charge in [-0.2, -0.15) is 0 Å². The summed E-state index contributed by atoms with van der Waals surface area (Å²) in [5.74, 6) is 1.52. The van der Waals surface area contributed by atoms with Crippen molar-refractivity contribution in [2.75, 3.05) is 6.61 Å². The Hall–Kier alpha value is -1.80. The van der Waals surface area contributed by atoms with Gasteiger partial charge in [-0.15, -0.1) is 0 Å². The fourth-order valence-electron chi connectivity index (χ4n) is 3.61. The quantitative estimate of drug-likeness (QED) is 0.929. The molecule has 0 aromatic heterocycles. The molecule has 0 spiro atoms. The first-order valence-corrected chi connectivity index (χ1v) is 7.90. The van der Waals surface area contributed by atoms with Crippen molar-refractivity contribution in [3.8, 4) is 5.75 Å². The normalized spacial score (nSPS) is 22.9. The summed E-state index contributed by atoms with van der Waals surface area (Å²) in [5, 5.41) is 0. The second kappa shape index (κ2) is 5.19. The van der Waals surface area contributed by atoms with E-state index in [1.54, 1.807) is 0 Å². The highest BCUT2D eigenvalue weighted by atomic mass is 16.5. The Kier molecular flexibility index (Phi) is 3.19. The Morgan fingerprint density at radius 2 is 1.95 bits per heavy atom. The van der Waals surface area contributed by atoms with Crippen LogP contribution in [0, 0.1) is 0 Å². The predicted molar refractivity (Wildman–Crippen MR) is 84.7 cm³/mol. The van der Waals surface area contributed by atoms with E-state index in [2.05, 4.69) is 42.5 Å². The van der Waals surface area contributed by atoms with E-state index in [9.17, 15) is 0 Å². The molecule has 2 heteroatoms. The minimum absolute atomic E-state index is 0.182. The van der Waals surface area contributed by atoms with Crippen LogP contribution in [0.5, 0.6) is 5.75 Å². The maximum absolute atomic E-state index is 6.22. The van der Waals surface area contributed by atoms with Crippen molar-refractivity contribution >= 4 is 0 Å². The summed E-state index contributed by atoms with van der Waals surface area (Å²) in [6.07, 6.45) is 4.58. The van der Waals surface area contributed by atoms with Crippen LogP contribution in [0.2, 0.25) is 0 Å². The Morgan fingerprint density at radius 3 is 2.86 bits per heavy atom. The van der Waals surface area contributed by atoms with Crippen molar-refractivity contribution < 1.29 is 4.74 Å². The summed E-state index contributed by atoms with van der Waals surface area (Å²) in [6.45, 7) is 0.769. The third kappa shape index (κ3) is 2.34. The Labute approximate surface area is 125 Å². The van der Waals surface area contributed by atoms with Crippen LogP contribution in [-0.2, 0) is 12.8 Å². The molecule has 108 valence electrons. The number of aryl methyl sites for hydroxylation is 1. The highest BCUT2D eigenvalue weighted by Gasteiger charge is 2.26. The maximum Gasteiger partial charge on any atom is 0.119 e. The summed E-state index contributed by atoms with van der Waals surface area (Å²) in [5.41, 5.74) is 11.8. The minimum atomic E-state index is 0.182. The lowest BCUT2D eigenvalue weighted by molar-refractivity contribution is 0.274. The summed E-state index contributed by atoms with van der Waals surface area (Å²) >= 11 is 0. The fraction of sp³-hybridized carbons (Fsp3) is 0.368. The van der Waals surface area contributed by atoms with Gasteiger partial charge in [0, 0.05) is 12.0 Å². The van der Waals surface area contributed by atoms with E-state index in [0.717, 1.165) is 31.6 Å². The minimum Gasteiger partial charge on any atom is -0.493 e. The molecule has 0 saturated carbocycles. The molecule has 2 aromatic rings. The largest absolute Gasteiger partial charge is 0.493 e. The van der Waals surface area contributed by atoms with Crippen LogP contribution in [0.3, 0.4) is 0 Å². The van der Waals surface area contributed by atoms with Gasteiger partial charge in [-0.3, -0.25) is 0 Å². The summed E-state index contributed by atoms with van der Waals surface area (Å²) < 4.78 is 6.03. The van der Waals surface area contributed by atoms with Crippen LogP contribution in [-0.4, -0.2) is 6.61 Å². The molecule has 0 aliphatic heterocycles. The molecule has 0 heterocycles. The molecule has 2 N–H and O–H groups in total. The molecular weight excluding hydrogens is 258 g/mol. The van der Waals surface area contributed by atoms with Crippen LogP contribution in [0.4, 0.5) is 0 Å². The van der Waals surface area contributed by atoms with Gasteiger partial charge in [-0.1, -0.05) is 30.3 Å². The van der Waals surface area contributed by atoms with Crippen molar-refractivity contribution in [2.45, 2.75) is 37.6 Å². The third-order valence-corrected chi connectivity index (χ3v) is 4.89. The molecule has 0 saturated heterocycles. The molecule has 0 bridgehead atoms. The zero-order valence-corrected chi connectivity index (χ0v) is 12.2. The predicted octanol–water partition coefficient (Wildman–Crippen LogP) is 3.74. The summed E-state index contributed by atoms with van der Waals surface area (Å²) in [4.78, 5) is 0. The zero-order chi connectivity index (χ0) is 14.2. The number of rotatable bonds is 3. The monoisotopic (exact) mass is 279 g/mol. The summed E-state index contributed by atoms with van der Waals surface area (Å²) in [6, 6.07) is 15.3. The van der Waals surface area contributed by atoms with Crippen molar-refractivity contribution in [1.29, 1.82) is 0 Å². The van der Waals surface area contributed by atoms with Gasteiger partial charge in [-0.05, 0) is 60.1 Å².